The Balaban J connectivity index is 2.05. The lowest BCUT2D eigenvalue weighted by Crippen LogP contribution is -2.40. The number of hydrogen-bond acceptors (Lipinski definition) is 4. The Kier molecular flexibility index (Phi) is 5.12. The molecule has 2 heterocycles. The number of pyridine rings is 1. The van der Waals surface area contributed by atoms with Gasteiger partial charge in [-0.05, 0) is 58.0 Å². The summed E-state index contributed by atoms with van der Waals surface area (Å²) in [4.78, 5) is 6.36. The average molecular weight is 297 g/mol. The molecule has 0 N–H and O–H groups in total. The average Bonchev–Trinajstić information content (AvgIpc) is 2.46. The molecule has 0 aromatic carbocycles. The van der Waals surface area contributed by atoms with Crippen molar-refractivity contribution in [3.8, 4) is 0 Å². The maximum Gasteiger partial charge on any atom is 0.244 e. The molecule has 0 spiro atoms. The van der Waals surface area contributed by atoms with Crippen molar-refractivity contribution >= 4 is 10.0 Å². The van der Waals surface area contributed by atoms with Crippen LogP contribution in [0.3, 0.4) is 0 Å². The van der Waals surface area contributed by atoms with E-state index in [4.69, 9.17) is 0 Å². The molecule has 6 heteroatoms. The number of sulfonamides is 1. The van der Waals surface area contributed by atoms with Gasteiger partial charge < -0.3 is 4.90 Å². The van der Waals surface area contributed by atoms with Gasteiger partial charge in [0.1, 0.15) is 4.90 Å². The highest BCUT2D eigenvalue weighted by Gasteiger charge is 2.30. The fraction of sp³-hybridized carbons (Fsp3) is 0.643. The number of aromatic nitrogens is 1. The second kappa shape index (κ2) is 6.65. The predicted molar refractivity (Wildman–Crippen MR) is 78.9 cm³/mol. The Labute approximate surface area is 121 Å². The smallest absolute Gasteiger partial charge is 0.244 e. The molecule has 0 bridgehead atoms. The fourth-order valence-corrected chi connectivity index (χ4v) is 4.09. The van der Waals surface area contributed by atoms with Gasteiger partial charge in [0.2, 0.25) is 10.0 Å². The largest absolute Gasteiger partial charge is 0.309 e. The van der Waals surface area contributed by atoms with Crippen LogP contribution in [-0.2, 0) is 10.0 Å². The van der Waals surface area contributed by atoms with Crippen molar-refractivity contribution in [1.29, 1.82) is 0 Å². The van der Waals surface area contributed by atoms with Gasteiger partial charge in [0.15, 0.2) is 0 Å². The molecular formula is C14H23N3O2S. The monoisotopic (exact) mass is 297 g/mol. The van der Waals surface area contributed by atoms with Gasteiger partial charge >= 0.3 is 0 Å². The molecule has 1 aliphatic rings. The summed E-state index contributed by atoms with van der Waals surface area (Å²) >= 11 is 0. The van der Waals surface area contributed by atoms with Gasteiger partial charge in [-0.1, -0.05) is 0 Å². The molecule has 0 aliphatic carbocycles. The van der Waals surface area contributed by atoms with Gasteiger partial charge in [-0.15, -0.1) is 0 Å². The standard InChI is InChI=1S/C14H23N3O2S/c1-16(2)10-7-13-5-4-9-17(12-13)20(18,19)14-6-3-8-15-11-14/h3,6,8,11,13H,4-5,7,9-10,12H2,1-2H3/t13-/m1/s1. The molecule has 20 heavy (non-hydrogen) atoms. The number of hydrogen-bond donors (Lipinski definition) is 0. The van der Waals surface area contributed by atoms with Gasteiger partial charge in [-0.3, -0.25) is 4.98 Å². The molecule has 0 saturated carbocycles. The summed E-state index contributed by atoms with van der Waals surface area (Å²) in [5.74, 6) is 0.456. The summed E-state index contributed by atoms with van der Waals surface area (Å²) in [5, 5.41) is 0. The minimum absolute atomic E-state index is 0.299. The fourth-order valence-electron chi connectivity index (χ4n) is 2.57. The van der Waals surface area contributed by atoms with E-state index in [1.54, 1.807) is 22.6 Å². The number of nitrogens with zero attached hydrogens (tertiary/aromatic N) is 3. The predicted octanol–water partition coefficient (Wildman–Crippen LogP) is 1.43. The van der Waals surface area contributed by atoms with E-state index < -0.39 is 10.0 Å². The minimum Gasteiger partial charge on any atom is -0.309 e. The summed E-state index contributed by atoms with van der Waals surface area (Å²) < 4.78 is 26.7. The van der Waals surface area contributed by atoms with E-state index in [2.05, 4.69) is 9.88 Å². The van der Waals surface area contributed by atoms with Gasteiger partial charge in [0, 0.05) is 25.5 Å². The van der Waals surface area contributed by atoms with Gasteiger partial charge in [-0.25, -0.2) is 8.42 Å². The van der Waals surface area contributed by atoms with Gasteiger partial charge in [0.25, 0.3) is 0 Å². The molecule has 1 aliphatic heterocycles. The van der Waals surface area contributed by atoms with Crippen molar-refractivity contribution in [3.05, 3.63) is 24.5 Å². The van der Waals surface area contributed by atoms with Crippen LogP contribution in [0, 0.1) is 5.92 Å². The van der Waals surface area contributed by atoms with Crippen LogP contribution in [0.2, 0.25) is 0 Å². The highest BCUT2D eigenvalue weighted by Crippen LogP contribution is 2.25. The van der Waals surface area contributed by atoms with E-state index in [1.165, 1.54) is 6.20 Å². The normalized spacial score (nSPS) is 21.2. The summed E-state index contributed by atoms with van der Waals surface area (Å²) in [6.07, 6.45) is 6.13. The van der Waals surface area contributed by atoms with Crippen molar-refractivity contribution in [2.24, 2.45) is 5.92 Å². The maximum atomic E-state index is 12.5. The Morgan fingerprint density at radius 2 is 2.25 bits per heavy atom. The van der Waals surface area contributed by atoms with E-state index in [0.717, 1.165) is 25.8 Å². The lowest BCUT2D eigenvalue weighted by molar-refractivity contribution is 0.236. The van der Waals surface area contributed by atoms with Crippen LogP contribution < -0.4 is 0 Å². The van der Waals surface area contributed by atoms with E-state index in [-0.39, 0.29) is 0 Å². The van der Waals surface area contributed by atoms with Gasteiger partial charge in [-0.2, -0.15) is 4.31 Å². The molecule has 1 aromatic rings. The molecule has 1 atom stereocenters. The van der Waals surface area contributed by atoms with Crippen LogP contribution in [0.4, 0.5) is 0 Å². The summed E-state index contributed by atoms with van der Waals surface area (Å²) in [6, 6.07) is 3.28. The van der Waals surface area contributed by atoms with Crippen molar-refractivity contribution in [2.45, 2.75) is 24.2 Å². The minimum atomic E-state index is -3.38. The molecule has 0 unspecified atom stereocenters. The molecular weight excluding hydrogens is 274 g/mol. The zero-order chi connectivity index (χ0) is 14.6. The first-order valence-corrected chi connectivity index (χ1v) is 8.49. The van der Waals surface area contributed by atoms with E-state index in [1.807, 2.05) is 14.1 Å². The zero-order valence-electron chi connectivity index (χ0n) is 12.2. The molecule has 0 radical (unpaired) electrons. The number of rotatable bonds is 5. The second-order valence-electron chi connectivity index (χ2n) is 5.65. The van der Waals surface area contributed by atoms with Crippen molar-refractivity contribution < 1.29 is 8.42 Å². The lowest BCUT2D eigenvalue weighted by Gasteiger charge is -2.32. The third-order valence-corrected chi connectivity index (χ3v) is 5.59. The third kappa shape index (κ3) is 3.77. The summed E-state index contributed by atoms with van der Waals surface area (Å²) in [5.41, 5.74) is 0. The molecule has 1 aromatic heterocycles. The Morgan fingerprint density at radius 3 is 2.90 bits per heavy atom. The van der Waals surface area contributed by atoms with Crippen LogP contribution in [0.5, 0.6) is 0 Å². The van der Waals surface area contributed by atoms with Crippen LogP contribution in [0.1, 0.15) is 19.3 Å². The summed E-state index contributed by atoms with van der Waals surface area (Å²) in [6.45, 7) is 2.26. The first-order valence-electron chi connectivity index (χ1n) is 7.05. The molecule has 2 rings (SSSR count). The van der Waals surface area contributed by atoms with E-state index in [0.29, 0.717) is 23.9 Å². The lowest BCUT2D eigenvalue weighted by atomic mass is 9.96. The van der Waals surface area contributed by atoms with Crippen LogP contribution in [-0.4, -0.2) is 56.3 Å². The Bertz CT molecular complexity index is 516. The Morgan fingerprint density at radius 1 is 1.45 bits per heavy atom. The maximum absolute atomic E-state index is 12.5. The Hall–Kier alpha value is -0.980. The van der Waals surface area contributed by atoms with Crippen molar-refractivity contribution in [2.75, 3.05) is 33.7 Å². The SMILES string of the molecule is CN(C)CC[C@H]1CCCN(S(=O)(=O)c2cccnc2)C1. The van der Waals surface area contributed by atoms with E-state index >= 15 is 0 Å². The van der Waals surface area contributed by atoms with Crippen LogP contribution >= 0.6 is 0 Å². The second-order valence-corrected chi connectivity index (χ2v) is 7.59. The molecule has 0 amide bonds. The first kappa shape index (κ1) is 15.4. The molecule has 1 saturated heterocycles. The highest BCUT2D eigenvalue weighted by atomic mass is 32.2. The summed E-state index contributed by atoms with van der Waals surface area (Å²) in [7, 11) is 0.721. The zero-order valence-corrected chi connectivity index (χ0v) is 13.0. The first-order chi connectivity index (χ1) is 9.50. The topological polar surface area (TPSA) is 53.5 Å². The van der Waals surface area contributed by atoms with Crippen molar-refractivity contribution in [3.63, 3.8) is 0 Å². The van der Waals surface area contributed by atoms with Crippen LogP contribution in [0.25, 0.3) is 0 Å². The quantitative estimate of drug-likeness (QED) is 0.825. The van der Waals surface area contributed by atoms with Gasteiger partial charge in [0.05, 0.1) is 0 Å². The van der Waals surface area contributed by atoms with Crippen molar-refractivity contribution in [1.82, 2.24) is 14.2 Å². The molecule has 5 nitrogen and oxygen atoms in total. The number of piperidine rings is 1. The molecule has 1 fully saturated rings. The molecule has 112 valence electrons. The van der Waals surface area contributed by atoms with Crippen LogP contribution in [0.15, 0.2) is 29.4 Å². The highest BCUT2D eigenvalue weighted by molar-refractivity contribution is 7.89. The third-order valence-electron chi connectivity index (χ3n) is 3.74. The van der Waals surface area contributed by atoms with E-state index in [9.17, 15) is 8.42 Å².